The van der Waals surface area contributed by atoms with Gasteiger partial charge in [0.1, 0.15) is 0 Å². The predicted molar refractivity (Wildman–Crippen MR) is 59.6 cm³/mol. The summed E-state index contributed by atoms with van der Waals surface area (Å²) in [5.41, 5.74) is 0.980. The third kappa shape index (κ3) is 3.12. The molecule has 13 heavy (non-hydrogen) atoms. The van der Waals surface area contributed by atoms with Crippen molar-refractivity contribution in [1.29, 1.82) is 0 Å². The molecule has 70 valence electrons. The van der Waals surface area contributed by atoms with Crippen molar-refractivity contribution in [2.75, 3.05) is 7.05 Å². The number of hydrogen-bond acceptors (Lipinski definition) is 1. The lowest BCUT2D eigenvalue weighted by Crippen LogP contribution is -2.20. The first-order valence-corrected chi connectivity index (χ1v) is 5.36. The topological polar surface area (TPSA) is 29.1 Å². The smallest absolute Gasteiger partial charge is 0.224 e. The summed E-state index contributed by atoms with van der Waals surface area (Å²) in [6.07, 6.45) is 0.399. The minimum atomic E-state index is 0.0128. The molecule has 0 heterocycles. The van der Waals surface area contributed by atoms with Gasteiger partial charge in [0.05, 0.1) is 6.42 Å². The minimum absolute atomic E-state index is 0.0128. The van der Waals surface area contributed by atoms with Crippen molar-refractivity contribution in [2.24, 2.45) is 0 Å². The van der Waals surface area contributed by atoms with E-state index in [0.717, 1.165) is 14.5 Å². The molecule has 1 amide bonds. The molecule has 0 atom stereocenters. The third-order valence-electron chi connectivity index (χ3n) is 1.64. The van der Waals surface area contributed by atoms with E-state index in [2.05, 4.69) is 37.2 Å². The van der Waals surface area contributed by atoms with Gasteiger partial charge in [-0.15, -0.1) is 0 Å². The molecule has 0 aliphatic carbocycles. The minimum Gasteiger partial charge on any atom is -0.359 e. The van der Waals surface area contributed by atoms with Gasteiger partial charge in [-0.2, -0.15) is 0 Å². The van der Waals surface area contributed by atoms with E-state index in [4.69, 9.17) is 0 Å². The summed E-state index contributed by atoms with van der Waals surface area (Å²) in [6, 6.07) is 5.78. The van der Waals surface area contributed by atoms with Crippen molar-refractivity contribution < 1.29 is 4.79 Å². The maximum Gasteiger partial charge on any atom is 0.224 e. The second-order valence-electron chi connectivity index (χ2n) is 2.59. The van der Waals surface area contributed by atoms with Crippen LogP contribution in [0.25, 0.3) is 0 Å². The van der Waals surface area contributed by atoms with Gasteiger partial charge in [0.2, 0.25) is 5.91 Å². The van der Waals surface area contributed by atoms with Crippen LogP contribution in [0.4, 0.5) is 0 Å². The number of likely N-dealkylation sites (N-methyl/N-ethyl adjacent to an activating group) is 1. The zero-order valence-electron chi connectivity index (χ0n) is 7.10. The third-order valence-corrected chi connectivity index (χ3v) is 2.90. The molecule has 0 spiro atoms. The van der Waals surface area contributed by atoms with E-state index in [1.165, 1.54) is 0 Å². The molecule has 1 aromatic carbocycles. The molecule has 2 nitrogen and oxygen atoms in total. The zero-order valence-corrected chi connectivity index (χ0v) is 10.3. The molecule has 0 radical (unpaired) electrons. The fourth-order valence-electron chi connectivity index (χ4n) is 0.940. The van der Waals surface area contributed by atoms with Crippen molar-refractivity contribution in [3.8, 4) is 0 Å². The van der Waals surface area contributed by atoms with E-state index < -0.39 is 0 Å². The Morgan fingerprint density at radius 1 is 1.46 bits per heavy atom. The van der Waals surface area contributed by atoms with Gasteiger partial charge in [-0.05, 0) is 23.8 Å². The van der Waals surface area contributed by atoms with Gasteiger partial charge in [-0.3, -0.25) is 4.79 Å². The molecule has 4 heteroatoms. The Hall–Kier alpha value is -0.350. The van der Waals surface area contributed by atoms with Gasteiger partial charge in [0.15, 0.2) is 0 Å². The van der Waals surface area contributed by atoms with Gasteiger partial charge >= 0.3 is 0 Å². The van der Waals surface area contributed by atoms with Gasteiger partial charge < -0.3 is 5.32 Å². The van der Waals surface area contributed by atoms with Gasteiger partial charge in [-0.1, -0.05) is 31.9 Å². The van der Waals surface area contributed by atoms with Crippen LogP contribution in [-0.4, -0.2) is 13.0 Å². The van der Waals surface area contributed by atoms with E-state index in [1.54, 1.807) is 7.05 Å². The van der Waals surface area contributed by atoms with Crippen LogP contribution in [0.3, 0.4) is 0 Å². The second-order valence-corrected chi connectivity index (χ2v) is 4.36. The summed E-state index contributed by atoms with van der Waals surface area (Å²) in [4.78, 5) is 11.1. The number of carbonyl (C=O) groups excluding carboxylic acids is 1. The van der Waals surface area contributed by atoms with E-state index in [-0.39, 0.29) is 5.91 Å². The molecule has 0 saturated carbocycles. The molecule has 1 rings (SSSR count). The number of carbonyl (C=O) groups is 1. The summed E-state index contributed by atoms with van der Waals surface area (Å²) in [5.74, 6) is 0.0128. The van der Waals surface area contributed by atoms with Crippen LogP contribution in [0, 0.1) is 0 Å². The normalized spacial score (nSPS) is 9.77. The van der Waals surface area contributed by atoms with Crippen LogP contribution in [0.15, 0.2) is 27.1 Å². The molecule has 0 aliphatic heterocycles. The number of amides is 1. The average Bonchev–Trinajstić information content (AvgIpc) is 2.11. The van der Waals surface area contributed by atoms with Crippen molar-refractivity contribution in [3.63, 3.8) is 0 Å². The molecule has 1 N–H and O–H groups in total. The fourth-order valence-corrected chi connectivity index (χ4v) is 1.74. The summed E-state index contributed by atoms with van der Waals surface area (Å²) in [7, 11) is 1.63. The molecule has 0 aliphatic rings. The lowest BCUT2D eigenvalue weighted by atomic mass is 10.1. The Morgan fingerprint density at radius 3 is 2.77 bits per heavy atom. The van der Waals surface area contributed by atoms with Crippen molar-refractivity contribution >= 4 is 37.8 Å². The first-order chi connectivity index (χ1) is 6.13. The van der Waals surface area contributed by atoms with E-state index in [9.17, 15) is 4.79 Å². The number of hydrogen-bond donors (Lipinski definition) is 1. The molecule has 0 saturated heterocycles. The van der Waals surface area contributed by atoms with Crippen LogP contribution in [0.1, 0.15) is 5.56 Å². The molecule has 0 unspecified atom stereocenters. The summed E-state index contributed by atoms with van der Waals surface area (Å²) in [6.45, 7) is 0. The van der Waals surface area contributed by atoms with Crippen LogP contribution in [-0.2, 0) is 11.2 Å². The number of benzene rings is 1. The molecule has 0 bridgehead atoms. The first kappa shape index (κ1) is 10.7. The van der Waals surface area contributed by atoms with Gasteiger partial charge in [0, 0.05) is 16.0 Å². The van der Waals surface area contributed by atoms with E-state index >= 15 is 0 Å². The summed E-state index contributed by atoms with van der Waals surface area (Å²) in [5, 5.41) is 2.59. The fraction of sp³-hybridized carbons (Fsp3) is 0.222. The lowest BCUT2D eigenvalue weighted by molar-refractivity contribution is -0.119. The number of rotatable bonds is 2. The van der Waals surface area contributed by atoms with Crippen LogP contribution >= 0.6 is 31.9 Å². The second kappa shape index (κ2) is 4.77. The quantitative estimate of drug-likeness (QED) is 0.894. The Morgan fingerprint density at radius 2 is 2.15 bits per heavy atom. The highest BCUT2D eigenvalue weighted by molar-refractivity contribution is 9.11. The standard InChI is InChI=1S/C9H9Br2NO/c1-12-9(13)5-6-4-7(10)2-3-8(6)11/h2-4H,5H2,1H3,(H,12,13). The predicted octanol–water partition coefficient (Wildman–Crippen LogP) is 2.50. The molecule has 0 fully saturated rings. The van der Waals surface area contributed by atoms with Gasteiger partial charge in [0.25, 0.3) is 0 Å². The number of halogens is 2. The van der Waals surface area contributed by atoms with Gasteiger partial charge in [-0.25, -0.2) is 0 Å². The Kier molecular flexibility index (Phi) is 3.93. The van der Waals surface area contributed by atoms with E-state index in [1.807, 2.05) is 18.2 Å². The average molecular weight is 307 g/mol. The molecule has 1 aromatic rings. The Balaban J connectivity index is 2.87. The highest BCUT2D eigenvalue weighted by Crippen LogP contribution is 2.21. The van der Waals surface area contributed by atoms with E-state index in [0.29, 0.717) is 6.42 Å². The largest absolute Gasteiger partial charge is 0.359 e. The van der Waals surface area contributed by atoms with Crippen molar-refractivity contribution in [1.82, 2.24) is 5.32 Å². The monoisotopic (exact) mass is 305 g/mol. The maximum atomic E-state index is 11.1. The SMILES string of the molecule is CNC(=O)Cc1cc(Br)ccc1Br. The first-order valence-electron chi connectivity index (χ1n) is 3.78. The number of nitrogens with one attached hydrogen (secondary N) is 1. The highest BCUT2D eigenvalue weighted by Gasteiger charge is 2.05. The Labute approximate surface area is 94.0 Å². The lowest BCUT2D eigenvalue weighted by Gasteiger charge is -2.03. The molecular formula is C9H9Br2NO. The van der Waals surface area contributed by atoms with Crippen molar-refractivity contribution in [3.05, 3.63) is 32.7 Å². The van der Waals surface area contributed by atoms with Crippen molar-refractivity contribution in [2.45, 2.75) is 6.42 Å². The molecular weight excluding hydrogens is 298 g/mol. The zero-order chi connectivity index (χ0) is 9.84. The Bertz CT molecular complexity index is 325. The summed E-state index contributed by atoms with van der Waals surface area (Å²) < 4.78 is 1.94. The summed E-state index contributed by atoms with van der Waals surface area (Å²) >= 11 is 6.74. The molecule has 0 aromatic heterocycles. The highest BCUT2D eigenvalue weighted by atomic mass is 79.9. The van der Waals surface area contributed by atoms with Crippen LogP contribution in [0.2, 0.25) is 0 Å². The van der Waals surface area contributed by atoms with Crippen LogP contribution in [0.5, 0.6) is 0 Å². The van der Waals surface area contributed by atoms with Crippen LogP contribution < -0.4 is 5.32 Å². The maximum absolute atomic E-state index is 11.1.